The van der Waals surface area contributed by atoms with Gasteiger partial charge >= 0.3 is 0 Å². The predicted octanol–water partition coefficient (Wildman–Crippen LogP) is 3.65. The van der Waals surface area contributed by atoms with Crippen molar-refractivity contribution in [1.82, 2.24) is 20.2 Å². The van der Waals surface area contributed by atoms with Crippen molar-refractivity contribution < 1.29 is 13.9 Å². The highest BCUT2D eigenvalue weighted by atomic mass is 19.1. The standard InChI is InChI=1S/C27H33FN6O2/c1-4-33-11-13-34(14-12-33)23-9-7-22(8-10-23)32-27-30-17-19(18-31-27)5-6-20-15-21(26(35)29-2)16-24(36-3)25(20)28/h7-10,15-18H,4-6,11-14H2,1-3H3,(H,29,35)(H,30,31,32). The molecule has 2 aromatic carbocycles. The van der Waals surface area contributed by atoms with Crippen molar-refractivity contribution in [2.75, 3.05) is 57.1 Å². The van der Waals surface area contributed by atoms with Crippen molar-refractivity contribution in [1.29, 1.82) is 0 Å². The number of anilines is 3. The number of amides is 1. The second-order valence-electron chi connectivity index (χ2n) is 8.74. The zero-order chi connectivity index (χ0) is 25.5. The average Bonchev–Trinajstić information content (AvgIpc) is 2.93. The van der Waals surface area contributed by atoms with Gasteiger partial charge in [-0.25, -0.2) is 14.4 Å². The molecule has 8 nitrogen and oxygen atoms in total. The molecule has 0 saturated carbocycles. The number of methoxy groups -OCH3 is 1. The minimum absolute atomic E-state index is 0.0520. The zero-order valence-corrected chi connectivity index (χ0v) is 21.1. The predicted molar refractivity (Wildman–Crippen MR) is 140 cm³/mol. The van der Waals surface area contributed by atoms with Crippen LogP contribution in [-0.2, 0) is 12.8 Å². The molecular weight excluding hydrogens is 459 g/mol. The maximum Gasteiger partial charge on any atom is 0.251 e. The Kier molecular flexibility index (Phi) is 8.32. The number of aryl methyl sites for hydroxylation is 2. The second-order valence-corrected chi connectivity index (χ2v) is 8.74. The minimum atomic E-state index is -0.458. The molecule has 0 atom stereocenters. The summed E-state index contributed by atoms with van der Waals surface area (Å²) in [6.45, 7) is 7.57. The first-order valence-corrected chi connectivity index (χ1v) is 12.2. The Morgan fingerprint density at radius 1 is 1.06 bits per heavy atom. The van der Waals surface area contributed by atoms with Crippen LogP contribution in [0.4, 0.5) is 21.7 Å². The van der Waals surface area contributed by atoms with Gasteiger partial charge in [0, 0.05) is 62.6 Å². The molecule has 0 bridgehead atoms. The van der Waals surface area contributed by atoms with E-state index in [2.05, 4.69) is 49.5 Å². The Hall–Kier alpha value is -3.72. The van der Waals surface area contributed by atoms with Crippen LogP contribution in [0.1, 0.15) is 28.4 Å². The highest BCUT2D eigenvalue weighted by Gasteiger charge is 2.16. The molecular formula is C27H33FN6O2. The summed E-state index contributed by atoms with van der Waals surface area (Å²) in [4.78, 5) is 25.7. The summed E-state index contributed by atoms with van der Waals surface area (Å²) in [6.07, 6.45) is 4.37. The molecule has 9 heteroatoms. The van der Waals surface area contributed by atoms with Crippen molar-refractivity contribution in [3.8, 4) is 5.75 Å². The molecule has 3 aromatic rings. The molecule has 0 aliphatic carbocycles. The van der Waals surface area contributed by atoms with E-state index in [0.29, 0.717) is 29.9 Å². The molecule has 0 unspecified atom stereocenters. The highest BCUT2D eigenvalue weighted by molar-refractivity contribution is 5.94. The number of halogens is 1. The lowest BCUT2D eigenvalue weighted by molar-refractivity contribution is 0.0962. The average molecular weight is 493 g/mol. The van der Waals surface area contributed by atoms with Gasteiger partial charge in [-0.2, -0.15) is 0 Å². The van der Waals surface area contributed by atoms with Crippen molar-refractivity contribution in [3.05, 3.63) is 71.3 Å². The summed E-state index contributed by atoms with van der Waals surface area (Å²) < 4.78 is 19.8. The quantitative estimate of drug-likeness (QED) is 0.472. The topological polar surface area (TPSA) is 82.6 Å². The number of ether oxygens (including phenoxy) is 1. The fourth-order valence-corrected chi connectivity index (χ4v) is 4.30. The van der Waals surface area contributed by atoms with Crippen LogP contribution in [0, 0.1) is 5.82 Å². The van der Waals surface area contributed by atoms with Crippen molar-refractivity contribution in [2.45, 2.75) is 19.8 Å². The minimum Gasteiger partial charge on any atom is -0.494 e. The van der Waals surface area contributed by atoms with Gasteiger partial charge in [0.15, 0.2) is 11.6 Å². The van der Waals surface area contributed by atoms with Crippen LogP contribution in [0.3, 0.4) is 0 Å². The first-order chi connectivity index (χ1) is 17.5. The molecule has 1 amide bonds. The van der Waals surface area contributed by atoms with E-state index < -0.39 is 5.82 Å². The van der Waals surface area contributed by atoms with Crippen molar-refractivity contribution in [2.24, 2.45) is 0 Å². The maximum atomic E-state index is 14.7. The Morgan fingerprint density at radius 3 is 2.36 bits per heavy atom. The van der Waals surface area contributed by atoms with Crippen LogP contribution in [0.25, 0.3) is 0 Å². The number of aromatic nitrogens is 2. The van der Waals surface area contributed by atoms with Gasteiger partial charge in [0.25, 0.3) is 5.91 Å². The smallest absolute Gasteiger partial charge is 0.251 e. The molecule has 0 radical (unpaired) electrons. The van der Waals surface area contributed by atoms with Crippen LogP contribution in [0.15, 0.2) is 48.8 Å². The molecule has 0 spiro atoms. The number of benzene rings is 2. The van der Waals surface area contributed by atoms with E-state index in [0.717, 1.165) is 44.0 Å². The van der Waals surface area contributed by atoms with Crippen molar-refractivity contribution >= 4 is 23.2 Å². The molecule has 1 fully saturated rings. The van der Waals surface area contributed by atoms with Gasteiger partial charge in [0.2, 0.25) is 5.95 Å². The summed E-state index contributed by atoms with van der Waals surface area (Å²) in [5, 5.41) is 5.79. The van der Waals surface area contributed by atoms with Gasteiger partial charge in [-0.05, 0) is 66.9 Å². The summed E-state index contributed by atoms with van der Waals surface area (Å²) in [7, 11) is 2.92. The van der Waals surface area contributed by atoms with E-state index in [9.17, 15) is 9.18 Å². The van der Waals surface area contributed by atoms with Crippen LogP contribution >= 0.6 is 0 Å². The van der Waals surface area contributed by atoms with Gasteiger partial charge in [0.1, 0.15) is 0 Å². The van der Waals surface area contributed by atoms with Gasteiger partial charge in [-0.1, -0.05) is 6.92 Å². The number of hydrogen-bond acceptors (Lipinski definition) is 7. The molecule has 1 aromatic heterocycles. The SMILES string of the molecule is CCN1CCN(c2ccc(Nc3ncc(CCc4cc(C(=O)NC)cc(OC)c4F)cn3)cc2)CC1. The van der Waals surface area contributed by atoms with Gasteiger partial charge in [0.05, 0.1) is 7.11 Å². The van der Waals surface area contributed by atoms with Crippen LogP contribution in [-0.4, -0.2) is 67.7 Å². The Balaban J connectivity index is 1.35. The first-order valence-electron chi connectivity index (χ1n) is 12.2. The van der Waals surface area contributed by atoms with Crippen LogP contribution in [0.5, 0.6) is 5.75 Å². The fourth-order valence-electron chi connectivity index (χ4n) is 4.30. The number of likely N-dealkylation sites (N-methyl/N-ethyl adjacent to an activating group) is 1. The monoisotopic (exact) mass is 492 g/mol. The third-order valence-corrected chi connectivity index (χ3v) is 6.52. The van der Waals surface area contributed by atoms with Gasteiger partial charge in [-0.3, -0.25) is 4.79 Å². The largest absolute Gasteiger partial charge is 0.494 e. The summed E-state index contributed by atoms with van der Waals surface area (Å²) in [6, 6.07) is 11.3. The molecule has 1 saturated heterocycles. The number of nitrogens with zero attached hydrogens (tertiary/aromatic N) is 4. The van der Waals surface area contributed by atoms with E-state index >= 15 is 0 Å². The Bertz CT molecular complexity index is 1160. The Morgan fingerprint density at radius 2 is 1.75 bits per heavy atom. The van der Waals surface area contributed by atoms with E-state index in [4.69, 9.17) is 4.74 Å². The molecule has 4 rings (SSSR count). The molecule has 2 heterocycles. The number of piperazine rings is 1. The van der Waals surface area contributed by atoms with Gasteiger partial charge in [-0.15, -0.1) is 0 Å². The third kappa shape index (κ3) is 6.09. The molecule has 36 heavy (non-hydrogen) atoms. The summed E-state index contributed by atoms with van der Waals surface area (Å²) in [5.41, 5.74) is 3.77. The molecule has 1 aliphatic rings. The number of carbonyl (C=O) groups is 1. The zero-order valence-electron chi connectivity index (χ0n) is 21.1. The van der Waals surface area contributed by atoms with Crippen LogP contribution < -0.4 is 20.3 Å². The third-order valence-electron chi connectivity index (χ3n) is 6.52. The van der Waals surface area contributed by atoms with E-state index in [1.165, 1.54) is 25.9 Å². The molecule has 2 N–H and O–H groups in total. The molecule has 1 aliphatic heterocycles. The lowest BCUT2D eigenvalue weighted by Crippen LogP contribution is -2.46. The number of nitrogens with one attached hydrogen (secondary N) is 2. The number of carbonyl (C=O) groups excluding carboxylic acids is 1. The highest BCUT2D eigenvalue weighted by Crippen LogP contribution is 2.25. The summed E-state index contributed by atoms with van der Waals surface area (Å²) in [5.74, 6) is -0.200. The second kappa shape index (κ2) is 11.8. The van der Waals surface area contributed by atoms with Gasteiger partial charge < -0.3 is 25.2 Å². The fraction of sp³-hybridized carbons (Fsp3) is 0.370. The number of rotatable bonds is 9. The maximum absolute atomic E-state index is 14.7. The van der Waals surface area contributed by atoms with Crippen LogP contribution in [0.2, 0.25) is 0 Å². The Labute approximate surface area is 211 Å². The summed E-state index contributed by atoms with van der Waals surface area (Å²) >= 11 is 0. The lowest BCUT2D eigenvalue weighted by Gasteiger charge is -2.35. The normalized spacial score (nSPS) is 13.9. The number of hydrogen-bond donors (Lipinski definition) is 2. The lowest BCUT2D eigenvalue weighted by atomic mass is 10.0. The van der Waals surface area contributed by atoms with E-state index in [-0.39, 0.29) is 11.7 Å². The molecule has 190 valence electrons. The van der Waals surface area contributed by atoms with Crippen molar-refractivity contribution in [3.63, 3.8) is 0 Å². The van der Waals surface area contributed by atoms with E-state index in [1.54, 1.807) is 18.5 Å². The first kappa shape index (κ1) is 25.4. The van der Waals surface area contributed by atoms with E-state index in [1.807, 2.05) is 12.1 Å².